The fraction of sp³-hybridized carbons (Fsp3) is 0.682. The lowest BCUT2D eigenvalue weighted by atomic mass is 9.96. The van der Waals surface area contributed by atoms with E-state index >= 15 is 0 Å². The zero-order valence-corrected chi connectivity index (χ0v) is 16.8. The minimum absolute atomic E-state index is 0.363. The number of hydrogen-bond donors (Lipinski definition) is 2. The molecule has 4 unspecified atom stereocenters. The average molecular weight is 371 g/mol. The van der Waals surface area contributed by atoms with Crippen LogP contribution in [-0.2, 0) is 17.8 Å². The SMILES string of the molecule is CN=C(NCc1ccccc1CN1CCCC(C)C1)NC1CC2CCC1O2. The second kappa shape index (κ2) is 8.61. The van der Waals surface area contributed by atoms with Crippen LogP contribution in [0.5, 0.6) is 0 Å². The van der Waals surface area contributed by atoms with Gasteiger partial charge in [0.15, 0.2) is 5.96 Å². The van der Waals surface area contributed by atoms with Gasteiger partial charge in [-0.05, 0) is 55.7 Å². The first-order valence-electron chi connectivity index (χ1n) is 10.6. The number of nitrogens with one attached hydrogen (secondary N) is 2. The normalized spacial score (nSPS) is 31.3. The van der Waals surface area contributed by atoms with Gasteiger partial charge in [0.2, 0.25) is 0 Å². The molecule has 3 heterocycles. The third-order valence-corrected chi connectivity index (χ3v) is 6.35. The van der Waals surface area contributed by atoms with Gasteiger partial charge in [-0.15, -0.1) is 0 Å². The number of piperidine rings is 1. The molecule has 2 bridgehead atoms. The van der Waals surface area contributed by atoms with Crippen LogP contribution in [0.4, 0.5) is 0 Å². The molecule has 0 aromatic heterocycles. The van der Waals surface area contributed by atoms with Crippen LogP contribution in [0.25, 0.3) is 0 Å². The standard InChI is InChI=1S/C22H34N4O/c1-16-6-5-11-26(14-16)15-18-8-4-3-7-17(18)13-24-22(23-2)25-20-12-19-9-10-21(20)27-19/h3-4,7-8,16,19-21H,5-6,9-15H2,1-2H3,(H2,23,24,25). The van der Waals surface area contributed by atoms with Crippen molar-refractivity contribution < 1.29 is 4.74 Å². The average Bonchev–Trinajstić information content (AvgIpc) is 3.29. The molecule has 4 atom stereocenters. The van der Waals surface area contributed by atoms with Crippen molar-refractivity contribution >= 4 is 5.96 Å². The van der Waals surface area contributed by atoms with E-state index in [0.717, 1.165) is 31.4 Å². The van der Waals surface area contributed by atoms with Crippen molar-refractivity contribution in [3.8, 4) is 0 Å². The van der Waals surface area contributed by atoms with Gasteiger partial charge in [0, 0.05) is 26.7 Å². The molecule has 0 saturated carbocycles. The Morgan fingerprint density at radius 1 is 1.22 bits per heavy atom. The van der Waals surface area contributed by atoms with E-state index in [2.05, 4.69) is 51.7 Å². The Morgan fingerprint density at radius 3 is 2.78 bits per heavy atom. The second-order valence-corrected chi connectivity index (χ2v) is 8.54. The molecular weight excluding hydrogens is 336 g/mol. The molecule has 2 N–H and O–H groups in total. The molecule has 4 rings (SSSR count). The third kappa shape index (κ3) is 4.64. The Hall–Kier alpha value is -1.59. The predicted octanol–water partition coefficient (Wildman–Crippen LogP) is 2.90. The Kier molecular flexibility index (Phi) is 5.98. The molecule has 148 valence electrons. The fourth-order valence-electron chi connectivity index (χ4n) is 4.89. The lowest BCUT2D eigenvalue weighted by molar-refractivity contribution is 0.0992. The number of ether oxygens (including phenoxy) is 1. The Balaban J connectivity index is 1.33. The monoisotopic (exact) mass is 370 g/mol. The molecule has 5 nitrogen and oxygen atoms in total. The summed E-state index contributed by atoms with van der Waals surface area (Å²) < 4.78 is 5.95. The zero-order chi connectivity index (χ0) is 18.6. The summed E-state index contributed by atoms with van der Waals surface area (Å²) in [7, 11) is 1.85. The molecular formula is C22H34N4O. The molecule has 0 aliphatic carbocycles. The maximum Gasteiger partial charge on any atom is 0.191 e. The van der Waals surface area contributed by atoms with Gasteiger partial charge in [0.1, 0.15) is 0 Å². The van der Waals surface area contributed by atoms with E-state index in [4.69, 9.17) is 4.74 Å². The molecule has 3 aliphatic heterocycles. The van der Waals surface area contributed by atoms with E-state index in [1.165, 1.54) is 49.9 Å². The summed E-state index contributed by atoms with van der Waals surface area (Å²) in [5.41, 5.74) is 2.79. The smallest absolute Gasteiger partial charge is 0.191 e. The number of hydrogen-bond acceptors (Lipinski definition) is 3. The highest BCUT2D eigenvalue weighted by molar-refractivity contribution is 5.80. The molecule has 3 saturated heterocycles. The first kappa shape index (κ1) is 18.8. The molecule has 0 radical (unpaired) electrons. The highest BCUT2D eigenvalue weighted by Crippen LogP contribution is 2.34. The fourth-order valence-corrected chi connectivity index (χ4v) is 4.89. The molecule has 27 heavy (non-hydrogen) atoms. The van der Waals surface area contributed by atoms with Crippen molar-refractivity contribution in [3.63, 3.8) is 0 Å². The first-order chi connectivity index (χ1) is 13.2. The zero-order valence-electron chi connectivity index (χ0n) is 16.8. The van der Waals surface area contributed by atoms with Gasteiger partial charge < -0.3 is 15.4 Å². The summed E-state index contributed by atoms with van der Waals surface area (Å²) >= 11 is 0. The van der Waals surface area contributed by atoms with Crippen molar-refractivity contribution in [1.82, 2.24) is 15.5 Å². The molecule has 1 aromatic carbocycles. The van der Waals surface area contributed by atoms with Gasteiger partial charge in [0.25, 0.3) is 0 Å². The summed E-state index contributed by atoms with van der Waals surface area (Å²) in [4.78, 5) is 7.04. The van der Waals surface area contributed by atoms with E-state index in [9.17, 15) is 0 Å². The maximum absolute atomic E-state index is 5.95. The number of fused-ring (bicyclic) bond motifs is 2. The summed E-state index contributed by atoms with van der Waals surface area (Å²) in [6.45, 7) is 6.67. The van der Waals surface area contributed by atoms with E-state index in [1.807, 2.05) is 7.05 Å². The molecule has 0 amide bonds. The van der Waals surface area contributed by atoms with Crippen LogP contribution in [-0.4, -0.2) is 49.2 Å². The predicted molar refractivity (Wildman–Crippen MR) is 110 cm³/mol. The molecule has 5 heteroatoms. The van der Waals surface area contributed by atoms with Gasteiger partial charge in [-0.3, -0.25) is 9.89 Å². The number of guanidine groups is 1. The maximum atomic E-state index is 5.95. The van der Waals surface area contributed by atoms with Gasteiger partial charge in [-0.2, -0.15) is 0 Å². The van der Waals surface area contributed by atoms with Crippen LogP contribution in [0.3, 0.4) is 0 Å². The van der Waals surface area contributed by atoms with Crippen LogP contribution >= 0.6 is 0 Å². The Bertz CT molecular complexity index is 661. The number of rotatable bonds is 5. The summed E-state index contributed by atoms with van der Waals surface area (Å²) in [6, 6.07) is 9.21. The van der Waals surface area contributed by atoms with Crippen LogP contribution in [0.15, 0.2) is 29.3 Å². The van der Waals surface area contributed by atoms with Crippen molar-refractivity contribution in [2.45, 2.75) is 70.4 Å². The number of likely N-dealkylation sites (tertiary alicyclic amines) is 1. The summed E-state index contributed by atoms with van der Waals surface area (Å²) in [6.07, 6.45) is 7.02. The van der Waals surface area contributed by atoms with Crippen molar-refractivity contribution in [3.05, 3.63) is 35.4 Å². The molecule has 3 aliphatic rings. The molecule has 3 fully saturated rings. The number of aliphatic imine (C=N–C) groups is 1. The Labute approximate surface area is 163 Å². The molecule has 1 aromatic rings. The van der Waals surface area contributed by atoms with Gasteiger partial charge in [0.05, 0.1) is 18.2 Å². The van der Waals surface area contributed by atoms with Crippen LogP contribution in [0.2, 0.25) is 0 Å². The summed E-state index contributed by atoms with van der Waals surface area (Å²) in [5.74, 6) is 1.70. The Morgan fingerprint density at radius 2 is 2.07 bits per heavy atom. The lowest BCUT2D eigenvalue weighted by Crippen LogP contribution is -2.47. The largest absolute Gasteiger partial charge is 0.373 e. The minimum Gasteiger partial charge on any atom is -0.373 e. The lowest BCUT2D eigenvalue weighted by Gasteiger charge is -2.31. The first-order valence-corrected chi connectivity index (χ1v) is 10.6. The third-order valence-electron chi connectivity index (χ3n) is 6.35. The van der Waals surface area contributed by atoms with Crippen LogP contribution in [0.1, 0.15) is 50.2 Å². The molecule has 0 spiro atoms. The van der Waals surface area contributed by atoms with Gasteiger partial charge in [-0.25, -0.2) is 0 Å². The van der Waals surface area contributed by atoms with Crippen molar-refractivity contribution in [2.75, 3.05) is 20.1 Å². The highest BCUT2D eigenvalue weighted by Gasteiger charge is 2.41. The van der Waals surface area contributed by atoms with Gasteiger partial charge in [-0.1, -0.05) is 31.2 Å². The second-order valence-electron chi connectivity index (χ2n) is 8.54. The summed E-state index contributed by atoms with van der Waals surface area (Å²) in [5, 5.41) is 7.10. The van der Waals surface area contributed by atoms with E-state index < -0.39 is 0 Å². The van der Waals surface area contributed by atoms with Crippen LogP contribution < -0.4 is 10.6 Å². The van der Waals surface area contributed by atoms with Crippen LogP contribution in [0, 0.1) is 5.92 Å². The minimum atomic E-state index is 0.363. The highest BCUT2D eigenvalue weighted by atomic mass is 16.5. The van der Waals surface area contributed by atoms with Crippen molar-refractivity contribution in [1.29, 1.82) is 0 Å². The number of nitrogens with zero attached hydrogens (tertiary/aromatic N) is 2. The topological polar surface area (TPSA) is 48.9 Å². The quantitative estimate of drug-likeness (QED) is 0.618. The van der Waals surface area contributed by atoms with E-state index in [1.54, 1.807) is 0 Å². The van der Waals surface area contributed by atoms with E-state index in [-0.39, 0.29) is 0 Å². The van der Waals surface area contributed by atoms with Gasteiger partial charge >= 0.3 is 0 Å². The van der Waals surface area contributed by atoms with Crippen molar-refractivity contribution in [2.24, 2.45) is 10.9 Å². The number of benzene rings is 1. The van der Waals surface area contributed by atoms with E-state index in [0.29, 0.717) is 18.2 Å².